The van der Waals surface area contributed by atoms with Crippen molar-refractivity contribution < 1.29 is 14.3 Å². The average Bonchev–Trinajstić information content (AvgIpc) is 2.63. The first kappa shape index (κ1) is 19.7. The van der Waals surface area contributed by atoms with Gasteiger partial charge in [-0.1, -0.05) is 56.5 Å². The minimum absolute atomic E-state index is 0.114. The van der Waals surface area contributed by atoms with Gasteiger partial charge in [-0.25, -0.2) is 4.79 Å². The molecule has 1 aliphatic carbocycles. The molecule has 138 valence electrons. The topological polar surface area (TPSA) is 79.2 Å². The van der Waals surface area contributed by atoms with Crippen LogP contribution in [0.3, 0.4) is 0 Å². The van der Waals surface area contributed by atoms with Crippen molar-refractivity contribution in [1.29, 1.82) is 5.26 Å². The number of nitrogens with one attached hydrogen (secondary N) is 1. The smallest absolute Gasteiger partial charge is 0.349 e. The van der Waals surface area contributed by atoms with Crippen molar-refractivity contribution in [3.63, 3.8) is 0 Å². The zero-order chi connectivity index (χ0) is 19.1. The monoisotopic (exact) mass is 354 g/mol. The molecule has 0 aromatic heterocycles. The summed E-state index contributed by atoms with van der Waals surface area (Å²) in [6.45, 7) is 5.92. The Bertz CT molecular complexity index is 716. The number of hydrogen-bond donors (Lipinski definition) is 1. The summed E-state index contributed by atoms with van der Waals surface area (Å²) in [4.78, 5) is 24.1. The summed E-state index contributed by atoms with van der Waals surface area (Å²) < 4.78 is 5.01. The maximum Gasteiger partial charge on any atom is 0.349 e. The SMILES string of the molecule is Cc1ccc(/C=C(\C#N)C(=O)OCC(=O)N[C@H]2CCC[C@H](C)[C@@H]2C)cc1. The van der Waals surface area contributed by atoms with Gasteiger partial charge in [-0.15, -0.1) is 0 Å². The molecule has 2 rings (SSSR count). The summed E-state index contributed by atoms with van der Waals surface area (Å²) in [5.74, 6) is -0.135. The predicted molar refractivity (Wildman–Crippen MR) is 99.8 cm³/mol. The number of nitriles is 1. The van der Waals surface area contributed by atoms with Gasteiger partial charge >= 0.3 is 5.97 Å². The Morgan fingerprint density at radius 2 is 1.96 bits per heavy atom. The van der Waals surface area contributed by atoms with Gasteiger partial charge in [0.05, 0.1) is 0 Å². The molecule has 0 aliphatic heterocycles. The predicted octanol–water partition coefficient (Wildman–Crippen LogP) is 3.39. The number of aryl methyl sites for hydroxylation is 1. The highest BCUT2D eigenvalue weighted by Gasteiger charge is 2.28. The van der Waals surface area contributed by atoms with Crippen molar-refractivity contribution in [1.82, 2.24) is 5.32 Å². The lowest BCUT2D eigenvalue weighted by molar-refractivity contribution is -0.144. The number of ether oxygens (including phenoxy) is 1. The van der Waals surface area contributed by atoms with E-state index in [4.69, 9.17) is 4.74 Å². The van der Waals surface area contributed by atoms with Crippen LogP contribution in [0, 0.1) is 30.1 Å². The maximum atomic E-state index is 12.1. The minimum atomic E-state index is -0.784. The van der Waals surface area contributed by atoms with Gasteiger partial charge in [0.1, 0.15) is 11.6 Å². The van der Waals surface area contributed by atoms with E-state index < -0.39 is 5.97 Å². The van der Waals surface area contributed by atoms with Crippen molar-refractivity contribution in [3.05, 3.63) is 41.0 Å². The van der Waals surface area contributed by atoms with E-state index in [1.165, 1.54) is 12.5 Å². The van der Waals surface area contributed by atoms with Crippen molar-refractivity contribution >= 4 is 18.0 Å². The van der Waals surface area contributed by atoms with E-state index in [1.807, 2.05) is 37.3 Å². The van der Waals surface area contributed by atoms with E-state index in [9.17, 15) is 14.9 Å². The Labute approximate surface area is 155 Å². The van der Waals surface area contributed by atoms with Gasteiger partial charge in [0, 0.05) is 6.04 Å². The van der Waals surface area contributed by atoms with Crippen molar-refractivity contribution in [2.75, 3.05) is 6.61 Å². The lowest BCUT2D eigenvalue weighted by Crippen LogP contribution is -2.45. The van der Waals surface area contributed by atoms with E-state index in [1.54, 1.807) is 0 Å². The van der Waals surface area contributed by atoms with Crippen LogP contribution in [0.5, 0.6) is 0 Å². The van der Waals surface area contributed by atoms with Gasteiger partial charge in [0.2, 0.25) is 0 Å². The molecule has 0 spiro atoms. The summed E-state index contributed by atoms with van der Waals surface area (Å²) in [6.07, 6.45) is 4.68. The normalized spacial score (nSPS) is 23.0. The minimum Gasteiger partial charge on any atom is -0.451 e. The highest BCUT2D eigenvalue weighted by Crippen LogP contribution is 2.29. The number of carbonyl (C=O) groups excluding carboxylic acids is 2. The number of nitrogens with zero attached hydrogens (tertiary/aromatic N) is 1. The molecule has 0 heterocycles. The van der Waals surface area contributed by atoms with Gasteiger partial charge < -0.3 is 10.1 Å². The van der Waals surface area contributed by atoms with Gasteiger partial charge in [-0.3, -0.25) is 4.79 Å². The molecule has 3 atom stereocenters. The number of esters is 1. The number of benzene rings is 1. The Morgan fingerprint density at radius 1 is 1.27 bits per heavy atom. The van der Waals surface area contributed by atoms with E-state index in [2.05, 4.69) is 19.2 Å². The standard InChI is InChI=1S/C21H26N2O3/c1-14-7-9-17(10-8-14)11-18(12-22)21(25)26-13-20(24)23-19-6-4-5-15(2)16(19)3/h7-11,15-16,19H,4-6,13H2,1-3H3,(H,23,24)/b18-11+/t15-,16-,19-/m0/s1. The molecule has 1 aromatic rings. The first-order chi connectivity index (χ1) is 12.4. The summed E-state index contributed by atoms with van der Waals surface area (Å²) in [6, 6.07) is 9.38. The lowest BCUT2D eigenvalue weighted by Gasteiger charge is -2.34. The van der Waals surface area contributed by atoms with Gasteiger partial charge in [0.25, 0.3) is 5.91 Å². The molecular formula is C21H26N2O3. The van der Waals surface area contributed by atoms with Crippen LogP contribution >= 0.6 is 0 Å². The quantitative estimate of drug-likeness (QED) is 0.499. The molecule has 1 fully saturated rings. The number of carbonyl (C=O) groups is 2. The molecule has 26 heavy (non-hydrogen) atoms. The Morgan fingerprint density at radius 3 is 2.62 bits per heavy atom. The second kappa shape index (κ2) is 9.19. The van der Waals surface area contributed by atoms with Crippen molar-refractivity contribution in [2.24, 2.45) is 11.8 Å². The summed E-state index contributed by atoms with van der Waals surface area (Å²) in [5, 5.41) is 12.1. The lowest BCUT2D eigenvalue weighted by atomic mass is 9.78. The Kier molecular flexibility index (Phi) is 6.97. The molecule has 1 aliphatic rings. The first-order valence-corrected chi connectivity index (χ1v) is 9.05. The maximum absolute atomic E-state index is 12.1. The van der Waals surface area contributed by atoms with Crippen LogP contribution in [-0.4, -0.2) is 24.5 Å². The summed E-state index contributed by atoms with van der Waals surface area (Å²) in [5.41, 5.74) is 1.70. The van der Waals surface area contributed by atoms with Crippen LogP contribution in [0.1, 0.15) is 44.2 Å². The molecule has 0 unspecified atom stereocenters. The molecule has 0 radical (unpaired) electrons. The Hall–Kier alpha value is -2.61. The van der Waals surface area contributed by atoms with Gasteiger partial charge in [-0.2, -0.15) is 5.26 Å². The highest BCUT2D eigenvalue weighted by molar-refractivity contribution is 5.98. The second-order valence-electron chi connectivity index (χ2n) is 7.10. The molecule has 5 nitrogen and oxygen atoms in total. The van der Waals surface area contributed by atoms with Gasteiger partial charge in [-0.05, 0) is 36.8 Å². The van der Waals surface area contributed by atoms with Gasteiger partial charge in [0.15, 0.2) is 6.61 Å². The third-order valence-corrected chi connectivity index (χ3v) is 5.12. The third-order valence-electron chi connectivity index (χ3n) is 5.12. The molecule has 1 amide bonds. The highest BCUT2D eigenvalue weighted by atomic mass is 16.5. The number of hydrogen-bond acceptors (Lipinski definition) is 4. The second-order valence-corrected chi connectivity index (χ2v) is 7.10. The molecular weight excluding hydrogens is 328 g/mol. The zero-order valence-corrected chi connectivity index (χ0v) is 15.6. The summed E-state index contributed by atoms with van der Waals surface area (Å²) in [7, 11) is 0. The number of rotatable bonds is 5. The zero-order valence-electron chi connectivity index (χ0n) is 15.6. The average molecular weight is 354 g/mol. The molecule has 5 heteroatoms. The van der Waals surface area contributed by atoms with Crippen molar-refractivity contribution in [2.45, 2.75) is 46.1 Å². The fraction of sp³-hybridized carbons (Fsp3) is 0.476. The fourth-order valence-electron chi connectivity index (χ4n) is 3.21. The largest absolute Gasteiger partial charge is 0.451 e. The van der Waals surface area contributed by atoms with Crippen LogP contribution in [-0.2, 0) is 14.3 Å². The molecule has 1 aromatic carbocycles. The van der Waals surface area contributed by atoms with Crippen LogP contribution in [0.4, 0.5) is 0 Å². The van der Waals surface area contributed by atoms with E-state index >= 15 is 0 Å². The first-order valence-electron chi connectivity index (χ1n) is 9.05. The fourth-order valence-corrected chi connectivity index (χ4v) is 3.21. The third kappa shape index (κ3) is 5.45. The molecule has 0 bridgehead atoms. The number of amides is 1. The van der Waals surface area contributed by atoms with Crippen LogP contribution in [0.25, 0.3) is 6.08 Å². The van der Waals surface area contributed by atoms with E-state index in [0.29, 0.717) is 11.8 Å². The summed E-state index contributed by atoms with van der Waals surface area (Å²) >= 11 is 0. The van der Waals surface area contributed by atoms with Crippen LogP contribution < -0.4 is 5.32 Å². The molecule has 0 saturated heterocycles. The molecule has 1 saturated carbocycles. The van der Waals surface area contributed by atoms with Crippen molar-refractivity contribution in [3.8, 4) is 6.07 Å². The molecule has 1 N–H and O–H groups in total. The van der Waals surface area contributed by atoms with E-state index in [0.717, 1.165) is 24.0 Å². The van der Waals surface area contributed by atoms with E-state index in [-0.39, 0.29) is 24.1 Å². The van der Waals surface area contributed by atoms with Crippen LogP contribution in [0.2, 0.25) is 0 Å². The Balaban J connectivity index is 1.89. The van der Waals surface area contributed by atoms with Crippen LogP contribution in [0.15, 0.2) is 29.8 Å².